The first-order valence-electron chi connectivity index (χ1n) is 8.12. The van der Waals surface area contributed by atoms with Gasteiger partial charge in [-0.2, -0.15) is 0 Å². The highest BCUT2D eigenvalue weighted by atomic mass is 16.3. The molecule has 0 aromatic heterocycles. The van der Waals surface area contributed by atoms with Gasteiger partial charge in [0.1, 0.15) is 6.73 Å². The number of hydrogen-bond donors (Lipinski definition) is 3. The van der Waals surface area contributed by atoms with E-state index in [1.165, 1.54) is 24.3 Å². The molecule has 0 fully saturated rings. The van der Waals surface area contributed by atoms with Crippen molar-refractivity contribution in [3.05, 3.63) is 46.5 Å². The summed E-state index contributed by atoms with van der Waals surface area (Å²) in [6.45, 7) is -2.00. The van der Waals surface area contributed by atoms with Gasteiger partial charge in [-0.3, -0.25) is 29.0 Å². The Morgan fingerprint density at radius 3 is 1.37 bits per heavy atom. The van der Waals surface area contributed by atoms with Gasteiger partial charge in [0.15, 0.2) is 0 Å². The van der Waals surface area contributed by atoms with E-state index in [0.29, 0.717) is 4.90 Å². The summed E-state index contributed by atoms with van der Waals surface area (Å²) < 4.78 is 0. The minimum Gasteiger partial charge on any atom is -0.394 e. The highest BCUT2D eigenvalue weighted by Crippen LogP contribution is 2.38. The Bertz CT molecular complexity index is 971. The van der Waals surface area contributed by atoms with Crippen LogP contribution in [0, 0.1) is 0 Å². The van der Waals surface area contributed by atoms with Crippen molar-refractivity contribution in [2.45, 2.75) is 6.04 Å². The molecule has 0 bridgehead atoms. The normalized spacial score (nSPS) is 16.1. The van der Waals surface area contributed by atoms with Gasteiger partial charge in [0, 0.05) is 33.0 Å². The molecule has 0 aliphatic carbocycles. The molecule has 0 unspecified atom stereocenters. The summed E-state index contributed by atoms with van der Waals surface area (Å²) in [7, 11) is 0. The highest BCUT2D eigenvalue weighted by molar-refractivity contribution is 6.33. The molecule has 0 saturated carbocycles. The number of aliphatic hydroxyl groups is 3. The molecule has 3 N–H and O–H groups in total. The Morgan fingerprint density at radius 1 is 0.667 bits per heavy atom. The number of aliphatic hydroxyl groups excluding tert-OH is 3. The van der Waals surface area contributed by atoms with Gasteiger partial charge in [0.05, 0.1) is 19.3 Å². The number of benzene rings is 2. The molecule has 9 heteroatoms. The standard InChI is InChI=1S/C18H14N2O7/c21-5-8(6-22)20-17(26)11-3-1-9-13-10(16(25)19(7-23)15(9)24)2-4-12(14(11)13)18(20)27/h1-4,8,21-23H,5-7H2. The van der Waals surface area contributed by atoms with E-state index in [4.69, 9.17) is 0 Å². The monoisotopic (exact) mass is 370 g/mol. The zero-order chi connectivity index (χ0) is 19.5. The molecular formula is C18H14N2O7. The van der Waals surface area contributed by atoms with Gasteiger partial charge < -0.3 is 15.3 Å². The average molecular weight is 370 g/mol. The van der Waals surface area contributed by atoms with Crippen LogP contribution in [-0.4, -0.2) is 74.7 Å². The summed E-state index contributed by atoms with van der Waals surface area (Å²) >= 11 is 0. The summed E-state index contributed by atoms with van der Waals surface area (Å²) in [4.78, 5) is 52.2. The Kier molecular flexibility index (Phi) is 3.81. The van der Waals surface area contributed by atoms with E-state index in [1.807, 2.05) is 0 Å². The number of hydrogen-bond acceptors (Lipinski definition) is 7. The number of nitrogens with zero attached hydrogens (tertiary/aromatic N) is 2. The minimum absolute atomic E-state index is 0.0927. The third kappa shape index (κ3) is 2.10. The van der Waals surface area contributed by atoms with Gasteiger partial charge in [-0.1, -0.05) is 0 Å². The smallest absolute Gasteiger partial charge is 0.263 e. The molecule has 2 aliphatic rings. The van der Waals surface area contributed by atoms with Crippen molar-refractivity contribution in [1.29, 1.82) is 0 Å². The predicted molar refractivity (Wildman–Crippen MR) is 90.0 cm³/mol. The van der Waals surface area contributed by atoms with Crippen molar-refractivity contribution in [2.75, 3.05) is 19.9 Å². The van der Waals surface area contributed by atoms with Gasteiger partial charge in [0.25, 0.3) is 23.6 Å². The Balaban J connectivity index is 2.03. The quantitative estimate of drug-likeness (QED) is 0.608. The molecule has 0 radical (unpaired) electrons. The zero-order valence-electron chi connectivity index (χ0n) is 13.9. The van der Waals surface area contributed by atoms with E-state index in [0.717, 1.165) is 4.90 Å². The van der Waals surface area contributed by atoms with Gasteiger partial charge in [0.2, 0.25) is 0 Å². The van der Waals surface area contributed by atoms with Gasteiger partial charge in [-0.15, -0.1) is 0 Å². The van der Waals surface area contributed by atoms with Gasteiger partial charge in [-0.05, 0) is 24.3 Å². The second-order valence-corrected chi connectivity index (χ2v) is 6.25. The lowest BCUT2D eigenvalue weighted by molar-refractivity contribution is 0.0370. The van der Waals surface area contributed by atoms with Crippen LogP contribution in [0.3, 0.4) is 0 Å². The molecule has 0 spiro atoms. The van der Waals surface area contributed by atoms with Crippen LogP contribution in [-0.2, 0) is 0 Å². The lowest BCUT2D eigenvalue weighted by Gasteiger charge is -2.34. The number of imide groups is 2. The predicted octanol–water partition coefficient (Wildman–Crippen LogP) is -0.665. The molecule has 4 amide bonds. The van der Waals surface area contributed by atoms with Crippen LogP contribution in [0.2, 0.25) is 0 Å². The van der Waals surface area contributed by atoms with E-state index < -0.39 is 49.6 Å². The molecule has 0 saturated heterocycles. The third-order valence-corrected chi connectivity index (χ3v) is 4.94. The van der Waals surface area contributed by atoms with Gasteiger partial charge >= 0.3 is 0 Å². The summed E-state index contributed by atoms with van der Waals surface area (Å²) in [6, 6.07) is 4.35. The first kappa shape index (κ1) is 17.3. The minimum atomic E-state index is -1.10. The van der Waals surface area contributed by atoms with Crippen LogP contribution >= 0.6 is 0 Å². The second-order valence-electron chi connectivity index (χ2n) is 6.25. The van der Waals surface area contributed by atoms with Crippen LogP contribution in [0.5, 0.6) is 0 Å². The van der Waals surface area contributed by atoms with E-state index in [2.05, 4.69) is 0 Å². The highest BCUT2D eigenvalue weighted by Gasteiger charge is 2.41. The largest absolute Gasteiger partial charge is 0.394 e. The first-order valence-corrected chi connectivity index (χ1v) is 8.12. The fraction of sp³-hybridized carbons (Fsp3) is 0.222. The SMILES string of the molecule is O=C1c2ccc3c4c(ccc(c24)C(=O)N1CO)C(=O)N(C(CO)CO)C3=O. The van der Waals surface area contributed by atoms with Gasteiger partial charge in [-0.25, -0.2) is 0 Å². The van der Waals surface area contributed by atoms with Crippen LogP contribution in [0.25, 0.3) is 10.8 Å². The zero-order valence-corrected chi connectivity index (χ0v) is 13.9. The fourth-order valence-corrected chi connectivity index (χ4v) is 3.62. The first-order chi connectivity index (χ1) is 13.0. The van der Waals surface area contributed by atoms with E-state index in [1.54, 1.807) is 0 Å². The van der Waals surface area contributed by atoms with E-state index >= 15 is 0 Å². The van der Waals surface area contributed by atoms with Crippen molar-refractivity contribution in [2.24, 2.45) is 0 Å². The van der Waals surface area contributed by atoms with E-state index in [9.17, 15) is 34.5 Å². The molecule has 138 valence electrons. The topological polar surface area (TPSA) is 135 Å². The molecule has 2 aliphatic heterocycles. The number of amides is 4. The maximum atomic E-state index is 12.8. The van der Waals surface area contributed by atoms with Crippen molar-refractivity contribution in [1.82, 2.24) is 9.80 Å². The molecule has 2 aromatic rings. The van der Waals surface area contributed by atoms with Crippen molar-refractivity contribution < 1.29 is 34.5 Å². The molecule has 2 aromatic carbocycles. The number of carbonyl (C=O) groups excluding carboxylic acids is 4. The van der Waals surface area contributed by atoms with Crippen LogP contribution in [0.4, 0.5) is 0 Å². The summed E-state index contributed by atoms with van der Waals surface area (Å²) in [6.07, 6.45) is 0. The lowest BCUT2D eigenvalue weighted by Crippen LogP contribution is -2.50. The Labute approximate surface area is 152 Å². The molecule has 0 atom stereocenters. The van der Waals surface area contributed by atoms with E-state index in [-0.39, 0.29) is 33.0 Å². The number of carbonyl (C=O) groups is 4. The molecular weight excluding hydrogens is 356 g/mol. The fourth-order valence-electron chi connectivity index (χ4n) is 3.62. The molecule has 2 heterocycles. The van der Waals surface area contributed by atoms with Crippen molar-refractivity contribution in [3.63, 3.8) is 0 Å². The molecule has 9 nitrogen and oxygen atoms in total. The summed E-state index contributed by atoms with van der Waals surface area (Å²) in [5.74, 6) is -2.89. The van der Waals surface area contributed by atoms with Crippen LogP contribution in [0.1, 0.15) is 41.4 Å². The van der Waals surface area contributed by atoms with Crippen molar-refractivity contribution in [3.8, 4) is 0 Å². The Hall–Kier alpha value is -3.14. The summed E-state index contributed by atoms with van der Waals surface area (Å²) in [5, 5.41) is 28.5. The average Bonchev–Trinajstić information content (AvgIpc) is 2.68. The molecule has 4 rings (SSSR count). The second kappa shape index (κ2) is 5.95. The third-order valence-electron chi connectivity index (χ3n) is 4.94. The van der Waals surface area contributed by atoms with Crippen molar-refractivity contribution >= 4 is 34.4 Å². The maximum absolute atomic E-state index is 12.8. The van der Waals surface area contributed by atoms with Crippen LogP contribution in [0.15, 0.2) is 24.3 Å². The number of rotatable bonds is 4. The maximum Gasteiger partial charge on any atom is 0.263 e. The summed E-state index contributed by atoms with van der Waals surface area (Å²) in [5.41, 5.74) is 0.397. The lowest BCUT2D eigenvalue weighted by atomic mass is 9.85. The Morgan fingerprint density at radius 2 is 1.04 bits per heavy atom. The van der Waals surface area contributed by atoms with Crippen LogP contribution < -0.4 is 0 Å². The molecule has 27 heavy (non-hydrogen) atoms.